The molecule has 1 N–H and O–H groups in total. The number of nitrogens with one attached hydrogen (secondary N) is 1. The van der Waals surface area contributed by atoms with E-state index in [9.17, 15) is 0 Å². The van der Waals surface area contributed by atoms with Crippen LogP contribution in [0.1, 0.15) is 39.5 Å². The molecule has 0 aromatic carbocycles. The average molecular weight is 211 g/mol. The number of ether oxygens (including phenoxy) is 1. The zero-order chi connectivity index (χ0) is 10.7. The second-order valence-electron chi connectivity index (χ2n) is 5.75. The maximum Gasteiger partial charge on any atom is 0.0507 e. The zero-order valence-corrected chi connectivity index (χ0v) is 10.2. The fourth-order valence-corrected chi connectivity index (χ4v) is 3.19. The van der Waals surface area contributed by atoms with Crippen LogP contribution in [0.2, 0.25) is 0 Å². The van der Waals surface area contributed by atoms with Gasteiger partial charge in [0.1, 0.15) is 0 Å². The SMILES string of the molecule is CC1CC(C)CC(NCC2CCOC2)C1. The summed E-state index contributed by atoms with van der Waals surface area (Å²) in [6.45, 7) is 7.91. The highest BCUT2D eigenvalue weighted by Gasteiger charge is 2.24. The van der Waals surface area contributed by atoms with Crippen LogP contribution in [0, 0.1) is 17.8 Å². The van der Waals surface area contributed by atoms with Crippen LogP contribution in [0.25, 0.3) is 0 Å². The highest BCUT2D eigenvalue weighted by Crippen LogP contribution is 2.28. The van der Waals surface area contributed by atoms with E-state index in [4.69, 9.17) is 4.74 Å². The van der Waals surface area contributed by atoms with Gasteiger partial charge >= 0.3 is 0 Å². The van der Waals surface area contributed by atoms with Gasteiger partial charge in [-0.1, -0.05) is 13.8 Å². The van der Waals surface area contributed by atoms with Crippen LogP contribution in [0.3, 0.4) is 0 Å². The van der Waals surface area contributed by atoms with E-state index in [-0.39, 0.29) is 0 Å². The maximum absolute atomic E-state index is 5.40. The highest BCUT2D eigenvalue weighted by atomic mass is 16.5. The van der Waals surface area contributed by atoms with E-state index in [1.165, 1.54) is 32.2 Å². The van der Waals surface area contributed by atoms with Gasteiger partial charge < -0.3 is 10.1 Å². The Labute approximate surface area is 93.8 Å². The molecule has 0 aromatic rings. The molecule has 0 radical (unpaired) electrons. The lowest BCUT2D eigenvalue weighted by atomic mass is 9.80. The molecule has 2 rings (SSSR count). The van der Waals surface area contributed by atoms with E-state index in [1.807, 2.05) is 0 Å². The monoisotopic (exact) mass is 211 g/mol. The van der Waals surface area contributed by atoms with Crippen molar-refractivity contribution in [3.05, 3.63) is 0 Å². The molecule has 3 unspecified atom stereocenters. The first-order valence-electron chi connectivity index (χ1n) is 6.55. The van der Waals surface area contributed by atoms with Gasteiger partial charge in [0.15, 0.2) is 0 Å². The normalized spacial score (nSPS) is 42.0. The largest absolute Gasteiger partial charge is 0.381 e. The van der Waals surface area contributed by atoms with Crippen LogP contribution in [0.4, 0.5) is 0 Å². The molecule has 88 valence electrons. The van der Waals surface area contributed by atoms with Crippen molar-refractivity contribution >= 4 is 0 Å². The first kappa shape index (κ1) is 11.4. The van der Waals surface area contributed by atoms with Gasteiger partial charge in [-0.3, -0.25) is 0 Å². The molecule has 0 spiro atoms. The number of hydrogen-bond donors (Lipinski definition) is 1. The summed E-state index contributed by atoms with van der Waals surface area (Å²) in [4.78, 5) is 0. The third kappa shape index (κ3) is 3.46. The maximum atomic E-state index is 5.40. The Hall–Kier alpha value is -0.0800. The molecule has 1 saturated carbocycles. The lowest BCUT2D eigenvalue weighted by Crippen LogP contribution is -2.39. The first-order valence-corrected chi connectivity index (χ1v) is 6.55. The smallest absolute Gasteiger partial charge is 0.0507 e. The molecule has 1 heterocycles. The lowest BCUT2D eigenvalue weighted by molar-refractivity contribution is 0.180. The Bertz CT molecular complexity index is 179. The van der Waals surface area contributed by atoms with Crippen molar-refractivity contribution < 1.29 is 4.74 Å². The van der Waals surface area contributed by atoms with Gasteiger partial charge in [-0.15, -0.1) is 0 Å². The van der Waals surface area contributed by atoms with Crippen LogP contribution in [0.15, 0.2) is 0 Å². The fourth-order valence-electron chi connectivity index (χ4n) is 3.19. The molecule has 0 aromatic heterocycles. The molecule has 1 saturated heterocycles. The molecule has 15 heavy (non-hydrogen) atoms. The van der Waals surface area contributed by atoms with Crippen molar-refractivity contribution in [1.29, 1.82) is 0 Å². The minimum absolute atomic E-state index is 0.768. The third-order valence-electron chi connectivity index (χ3n) is 3.90. The fraction of sp³-hybridized carbons (Fsp3) is 1.00. The van der Waals surface area contributed by atoms with Gasteiger partial charge in [0, 0.05) is 19.2 Å². The van der Waals surface area contributed by atoms with Gasteiger partial charge in [0.25, 0.3) is 0 Å². The van der Waals surface area contributed by atoms with Crippen LogP contribution in [-0.4, -0.2) is 25.8 Å². The second-order valence-corrected chi connectivity index (χ2v) is 5.75. The minimum Gasteiger partial charge on any atom is -0.381 e. The second kappa shape index (κ2) is 5.31. The summed E-state index contributed by atoms with van der Waals surface area (Å²) in [7, 11) is 0. The van der Waals surface area contributed by atoms with Crippen LogP contribution in [0.5, 0.6) is 0 Å². The molecule has 1 aliphatic carbocycles. The van der Waals surface area contributed by atoms with E-state index in [0.717, 1.165) is 37.0 Å². The van der Waals surface area contributed by atoms with Crippen LogP contribution >= 0.6 is 0 Å². The quantitative estimate of drug-likeness (QED) is 0.774. The molecule has 1 aliphatic heterocycles. The Morgan fingerprint density at radius 3 is 2.47 bits per heavy atom. The Morgan fingerprint density at radius 2 is 1.87 bits per heavy atom. The molecule has 3 atom stereocenters. The summed E-state index contributed by atoms with van der Waals surface area (Å²) < 4.78 is 5.40. The predicted molar refractivity (Wildman–Crippen MR) is 62.9 cm³/mol. The summed E-state index contributed by atoms with van der Waals surface area (Å²) in [5.74, 6) is 2.59. The zero-order valence-electron chi connectivity index (χ0n) is 10.2. The topological polar surface area (TPSA) is 21.3 Å². The third-order valence-corrected chi connectivity index (χ3v) is 3.90. The van der Waals surface area contributed by atoms with Crippen molar-refractivity contribution in [3.63, 3.8) is 0 Å². The minimum atomic E-state index is 0.768. The summed E-state index contributed by atoms with van der Waals surface area (Å²) >= 11 is 0. The van der Waals surface area contributed by atoms with Gasteiger partial charge in [-0.25, -0.2) is 0 Å². The summed E-state index contributed by atoms with van der Waals surface area (Å²) in [5, 5.41) is 3.74. The molecule has 2 nitrogen and oxygen atoms in total. The van der Waals surface area contributed by atoms with Crippen molar-refractivity contribution in [2.24, 2.45) is 17.8 Å². The van der Waals surface area contributed by atoms with Crippen LogP contribution < -0.4 is 5.32 Å². The Morgan fingerprint density at radius 1 is 1.13 bits per heavy atom. The van der Waals surface area contributed by atoms with Gasteiger partial charge in [-0.2, -0.15) is 0 Å². The number of hydrogen-bond acceptors (Lipinski definition) is 2. The van der Waals surface area contributed by atoms with E-state index < -0.39 is 0 Å². The lowest BCUT2D eigenvalue weighted by Gasteiger charge is -2.32. The number of rotatable bonds is 3. The van der Waals surface area contributed by atoms with Crippen molar-refractivity contribution in [2.75, 3.05) is 19.8 Å². The Balaban J connectivity index is 1.69. The average Bonchev–Trinajstić information content (AvgIpc) is 2.65. The summed E-state index contributed by atoms with van der Waals surface area (Å²) in [6.07, 6.45) is 5.42. The van der Waals surface area contributed by atoms with Crippen molar-refractivity contribution in [3.8, 4) is 0 Å². The highest BCUT2D eigenvalue weighted by molar-refractivity contribution is 4.80. The van der Waals surface area contributed by atoms with Crippen molar-refractivity contribution in [1.82, 2.24) is 5.32 Å². The van der Waals surface area contributed by atoms with E-state index in [2.05, 4.69) is 19.2 Å². The van der Waals surface area contributed by atoms with E-state index in [0.29, 0.717) is 0 Å². The summed E-state index contributed by atoms with van der Waals surface area (Å²) in [5.41, 5.74) is 0. The first-order chi connectivity index (χ1) is 7.24. The molecule has 0 bridgehead atoms. The van der Waals surface area contributed by atoms with E-state index >= 15 is 0 Å². The van der Waals surface area contributed by atoms with Gasteiger partial charge in [0.2, 0.25) is 0 Å². The van der Waals surface area contributed by atoms with Crippen molar-refractivity contribution in [2.45, 2.75) is 45.6 Å². The molecular formula is C13H25NO. The van der Waals surface area contributed by atoms with Crippen LogP contribution in [-0.2, 0) is 4.74 Å². The Kier molecular flexibility index (Phi) is 4.04. The molecule has 2 heteroatoms. The van der Waals surface area contributed by atoms with Gasteiger partial charge in [-0.05, 0) is 43.4 Å². The molecular weight excluding hydrogens is 186 g/mol. The molecule has 0 amide bonds. The van der Waals surface area contributed by atoms with E-state index in [1.54, 1.807) is 0 Å². The molecule has 2 fully saturated rings. The molecule has 2 aliphatic rings. The standard InChI is InChI=1S/C13H25NO/c1-10-5-11(2)7-13(6-10)14-8-12-3-4-15-9-12/h10-14H,3-9H2,1-2H3. The van der Waals surface area contributed by atoms with Gasteiger partial charge in [0.05, 0.1) is 6.61 Å². The predicted octanol–water partition coefficient (Wildman–Crippen LogP) is 2.44. The summed E-state index contributed by atoms with van der Waals surface area (Å²) in [6, 6.07) is 0.768.